The maximum Gasteiger partial charge on any atom is 0.313 e. The number of nitrogens with zero attached hydrogens (tertiary/aromatic N) is 2. The van der Waals surface area contributed by atoms with E-state index in [-0.39, 0.29) is 0 Å². The van der Waals surface area contributed by atoms with Gasteiger partial charge in [-0.05, 0) is 31.1 Å². The summed E-state index contributed by atoms with van der Waals surface area (Å²) in [6.45, 7) is 3.05. The quantitative estimate of drug-likeness (QED) is 0.626. The molecule has 0 bridgehead atoms. The molecule has 0 unspecified atom stereocenters. The number of alkyl halides is 2. The van der Waals surface area contributed by atoms with Crippen LogP contribution >= 0.6 is 0 Å². The first-order valence-corrected chi connectivity index (χ1v) is 11.0. The van der Waals surface area contributed by atoms with Crippen LogP contribution < -0.4 is 0 Å². The molecule has 2 aromatic rings. The summed E-state index contributed by atoms with van der Waals surface area (Å²) in [6, 6.07) is 12.8. The van der Waals surface area contributed by atoms with Gasteiger partial charge < -0.3 is 9.84 Å². The van der Waals surface area contributed by atoms with Crippen LogP contribution in [0.2, 0.25) is 0 Å². The van der Waals surface area contributed by atoms with Crippen LogP contribution in [0.5, 0.6) is 0 Å². The number of halogens is 2. The minimum Gasteiger partial charge on any atom is -0.481 e. The lowest BCUT2D eigenvalue weighted by molar-refractivity contribution is -0.177. The molecule has 0 amide bonds. The van der Waals surface area contributed by atoms with Crippen LogP contribution in [0.25, 0.3) is 17.2 Å². The third-order valence-corrected chi connectivity index (χ3v) is 7.15. The number of nitriles is 1. The number of benzene rings is 1. The lowest BCUT2D eigenvalue weighted by atomic mass is 9.55. The number of cyclic esters (lactones) is 1. The molecular weight excluding hydrogens is 442 g/mol. The average molecular weight is 466 g/mol. The number of hydrogen-bond donors (Lipinski definition) is 1. The summed E-state index contributed by atoms with van der Waals surface area (Å²) in [5.74, 6) is -8.00. The number of pyridine rings is 1. The summed E-state index contributed by atoms with van der Waals surface area (Å²) in [5, 5.41) is 18.7. The van der Waals surface area contributed by atoms with E-state index in [1.165, 1.54) is 6.92 Å². The molecule has 1 saturated heterocycles. The Bertz CT molecular complexity index is 1190. The highest BCUT2D eigenvalue weighted by Crippen LogP contribution is 2.60. The first-order chi connectivity index (χ1) is 16.1. The minimum absolute atomic E-state index is 0.514. The van der Waals surface area contributed by atoms with Crippen molar-refractivity contribution in [3.8, 4) is 17.2 Å². The number of ether oxygens (including phenoxy) is 1. The number of carbonyl (C=O) groups is 2. The van der Waals surface area contributed by atoms with Crippen molar-refractivity contribution in [2.45, 2.75) is 38.7 Å². The SMILES string of the molecule is C[C@H]1OC(=O)[C@]2(CC(=O)O)CC(F)(F)[C@@H](C)[C@H](/C=C/c3ccc(-c4ccccc4C#N)cn3)[C@H]12. The Morgan fingerprint density at radius 3 is 2.68 bits per heavy atom. The molecule has 1 N–H and O–H groups in total. The fraction of sp³-hybridized carbons (Fsp3) is 0.385. The van der Waals surface area contributed by atoms with Gasteiger partial charge in [0.05, 0.1) is 29.2 Å². The van der Waals surface area contributed by atoms with Gasteiger partial charge in [-0.3, -0.25) is 14.6 Å². The van der Waals surface area contributed by atoms with Gasteiger partial charge in [-0.1, -0.05) is 37.3 Å². The molecule has 176 valence electrons. The molecule has 1 aromatic carbocycles. The summed E-state index contributed by atoms with van der Waals surface area (Å²) < 4.78 is 35.4. The maximum absolute atomic E-state index is 15.0. The minimum atomic E-state index is -3.23. The Morgan fingerprint density at radius 1 is 1.29 bits per heavy atom. The standard InChI is InChI=1S/C26H24F2N2O4/c1-15-20(23-16(2)34-24(33)25(23,11-22(31)32)14-26(15,27)28)10-9-19-8-7-18(13-30-19)21-6-4-3-5-17(21)12-29/h3-10,13,15-16,20,23H,11,14H2,1-2H3,(H,31,32)/b10-9+/t15-,16+,20-,23-,25+/m0/s1. The summed E-state index contributed by atoms with van der Waals surface area (Å²) in [5.41, 5.74) is 0.744. The lowest BCUT2D eigenvalue weighted by Crippen LogP contribution is -2.54. The molecule has 6 nitrogen and oxygen atoms in total. The van der Waals surface area contributed by atoms with E-state index in [2.05, 4.69) is 11.1 Å². The van der Waals surface area contributed by atoms with Gasteiger partial charge in [0.2, 0.25) is 0 Å². The molecule has 1 aliphatic heterocycles. The monoisotopic (exact) mass is 466 g/mol. The Hall–Kier alpha value is -3.60. The predicted octanol–water partition coefficient (Wildman–Crippen LogP) is 4.95. The number of carboxylic acid groups (broad SMARTS) is 1. The van der Waals surface area contributed by atoms with Gasteiger partial charge in [0, 0.05) is 35.6 Å². The molecular formula is C26H24F2N2O4. The fourth-order valence-electron chi connectivity index (χ4n) is 5.50. The zero-order valence-corrected chi connectivity index (χ0v) is 18.7. The van der Waals surface area contributed by atoms with E-state index in [9.17, 15) is 20.0 Å². The molecule has 34 heavy (non-hydrogen) atoms. The van der Waals surface area contributed by atoms with Crippen molar-refractivity contribution in [3.05, 3.63) is 59.9 Å². The highest BCUT2D eigenvalue weighted by molar-refractivity contribution is 5.85. The first kappa shape index (κ1) is 23.6. The molecule has 0 spiro atoms. The Morgan fingerprint density at radius 2 is 2.03 bits per heavy atom. The van der Waals surface area contributed by atoms with Crippen molar-refractivity contribution in [2.75, 3.05) is 0 Å². The predicted molar refractivity (Wildman–Crippen MR) is 119 cm³/mol. The van der Waals surface area contributed by atoms with Crippen LogP contribution in [0.4, 0.5) is 8.78 Å². The van der Waals surface area contributed by atoms with E-state index >= 15 is 8.78 Å². The topological polar surface area (TPSA) is 100 Å². The van der Waals surface area contributed by atoms with Gasteiger partial charge >= 0.3 is 11.9 Å². The second kappa shape index (κ2) is 8.64. The third kappa shape index (κ3) is 3.96. The van der Waals surface area contributed by atoms with E-state index < -0.39 is 60.0 Å². The Labute approximate surface area is 195 Å². The molecule has 4 rings (SSSR count). The smallest absolute Gasteiger partial charge is 0.313 e. The molecule has 5 atom stereocenters. The van der Waals surface area contributed by atoms with Crippen LogP contribution in [0.3, 0.4) is 0 Å². The molecule has 0 radical (unpaired) electrons. The van der Waals surface area contributed by atoms with E-state index in [1.807, 2.05) is 12.1 Å². The summed E-state index contributed by atoms with van der Waals surface area (Å²) in [4.78, 5) is 28.6. The Kier molecular flexibility index (Phi) is 5.98. The summed E-state index contributed by atoms with van der Waals surface area (Å²) in [7, 11) is 0. The van der Waals surface area contributed by atoms with Gasteiger partial charge in [0.25, 0.3) is 5.92 Å². The second-order valence-electron chi connectivity index (χ2n) is 9.15. The number of allylic oxidation sites excluding steroid dienone is 1. The molecule has 1 aromatic heterocycles. The molecule has 2 fully saturated rings. The summed E-state index contributed by atoms with van der Waals surface area (Å²) >= 11 is 0. The van der Waals surface area contributed by atoms with E-state index in [0.29, 0.717) is 11.3 Å². The number of carbonyl (C=O) groups excluding carboxylic acids is 1. The number of rotatable bonds is 5. The van der Waals surface area contributed by atoms with Crippen LogP contribution in [0.1, 0.15) is 37.9 Å². The van der Waals surface area contributed by atoms with Gasteiger partial charge in [-0.2, -0.15) is 5.26 Å². The Balaban J connectivity index is 1.66. The van der Waals surface area contributed by atoms with Gasteiger partial charge in [-0.15, -0.1) is 0 Å². The highest BCUT2D eigenvalue weighted by atomic mass is 19.3. The zero-order valence-electron chi connectivity index (χ0n) is 18.7. The van der Waals surface area contributed by atoms with E-state index in [4.69, 9.17) is 4.74 Å². The van der Waals surface area contributed by atoms with Gasteiger partial charge in [-0.25, -0.2) is 8.78 Å². The fourth-order valence-corrected chi connectivity index (χ4v) is 5.50. The second-order valence-corrected chi connectivity index (χ2v) is 9.15. The normalized spacial score (nSPS) is 29.9. The molecule has 8 heteroatoms. The van der Waals surface area contributed by atoms with Gasteiger partial charge in [0.15, 0.2) is 0 Å². The third-order valence-electron chi connectivity index (χ3n) is 7.15. The van der Waals surface area contributed by atoms with Crippen molar-refractivity contribution in [1.82, 2.24) is 4.98 Å². The number of hydrogen-bond acceptors (Lipinski definition) is 5. The molecule has 1 saturated carbocycles. The first-order valence-electron chi connectivity index (χ1n) is 11.0. The maximum atomic E-state index is 15.0. The number of fused-ring (bicyclic) bond motifs is 1. The molecule has 2 aliphatic rings. The van der Waals surface area contributed by atoms with Crippen molar-refractivity contribution in [1.29, 1.82) is 5.26 Å². The average Bonchev–Trinajstić information content (AvgIpc) is 3.02. The van der Waals surface area contributed by atoms with Crippen molar-refractivity contribution >= 4 is 18.0 Å². The van der Waals surface area contributed by atoms with Crippen molar-refractivity contribution < 1.29 is 28.2 Å². The van der Waals surface area contributed by atoms with Crippen molar-refractivity contribution in [3.63, 3.8) is 0 Å². The highest BCUT2D eigenvalue weighted by Gasteiger charge is 2.68. The van der Waals surface area contributed by atoms with Crippen LogP contribution in [0, 0.1) is 34.5 Å². The van der Waals surface area contributed by atoms with Gasteiger partial charge in [0.1, 0.15) is 6.10 Å². The lowest BCUT2D eigenvalue weighted by Gasteiger charge is -2.47. The number of esters is 1. The molecule has 1 aliphatic carbocycles. The number of carboxylic acids is 1. The van der Waals surface area contributed by atoms with Crippen molar-refractivity contribution in [2.24, 2.45) is 23.2 Å². The zero-order chi connectivity index (χ0) is 24.7. The molecule has 2 heterocycles. The summed E-state index contributed by atoms with van der Waals surface area (Å²) in [6.07, 6.45) is 2.61. The van der Waals surface area contributed by atoms with E-state index in [1.54, 1.807) is 49.5 Å². The van der Waals surface area contributed by atoms with Crippen LogP contribution in [-0.4, -0.2) is 34.1 Å². The van der Waals surface area contributed by atoms with Crippen LogP contribution in [0.15, 0.2) is 48.7 Å². The number of aliphatic carboxylic acids is 1. The van der Waals surface area contributed by atoms with Crippen LogP contribution in [-0.2, 0) is 14.3 Å². The van der Waals surface area contributed by atoms with E-state index in [0.717, 1.165) is 11.1 Å². The largest absolute Gasteiger partial charge is 0.481 e. The number of aromatic nitrogens is 1.